The summed E-state index contributed by atoms with van der Waals surface area (Å²) in [5.74, 6) is -0.303. The molecule has 1 unspecified atom stereocenters. The second kappa shape index (κ2) is 10.1. The summed E-state index contributed by atoms with van der Waals surface area (Å²) >= 11 is 0. The molecule has 2 aromatic carbocycles. The van der Waals surface area contributed by atoms with Gasteiger partial charge in [-0.1, -0.05) is 17.7 Å². The zero-order valence-electron chi connectivity index (χ0n) is 19.0. The molecule has 33 heavy (non-hydrogen) atoms. The van der Waals surface area contributed by atoms with Crippen molar-refractivity contribution in [1.82, 2.24) is 9.80 Å². The Morgan fingerprint density at radius 3 is 2.52 bits per heavy atom. The van der Waals surface area contributed by atoms with E-state index >= 15 is 0 Å². The quantitative estimate of drug-likeness (QED) is 0.600. The first-order valence-electron chi connectivity index (χ1n) is 11.2. The van der Waals surface area contributed by atoms with Gasteiger partial charge in [-0.2, -0.15) is 0 Å². The van der Waals surface area contributed by atoms with E-state index in [0.29, 0.717) is 43.3 Å². The van der Waals surface area contributed by atoms with Crippen LogP contribution in [0.3, 0.4) is 0 Å². The smallest absolute Gasteiger partial charge is 0.257 e. The van der Waals surface area contributed by atoms with Gasteiger partial charge in [-0.3, -0.25) is 19.3 Å². The van der Waals surface area contributed by atoms with E-state index in [4.69, 9.17) is 9.47 Å². The van der Waals surface area contributed by atoms with Gasteiger partial charge >= 0.3 is 0 Å². The summed E-state index contributed by atoms with van der Waals surface area (Å²) < 4.78 is 10.6. The summed E-state index contributed by atoms with van der Waals surface area (Å²) in [6.07, 6.45) is -0.0362. The first kappa shape index (κ1) is 22.9. The molecule has 2 aromatic rings. The molecular formula is C25H29N3O5. The Kier molecular flexibility index (Phi) is 7.05. The molecule has 0 bridgehead atoms. The standard InChI is InChI=1S/C25H29N3O5/c1-18-4-3-5-19(16-18)24(30)27(11-10-26-12-14-33-15-13-26)22-17-23(29)28(25(22)31)20-6-8-21(32-2)9-7-20/h3-9,16,22H,10-15,17H2,1-2H3. The Morgan fingerprint density at radius 2 is 1.85 bits per heavy atom. The molecule has 2 saturated heterocycles. The Bertz CT molecular complexity index is 1020. The van der Waals surface area contributed by atoms with E-state index in [1.165, 1.54) is 4.90 Å². The SMILES string of the molecule is COc1ccc(N2C(=O)CC(N(CCN3CCOCC3)C(=O)c3cccc(C)c3)C2=O)cc1. The number of imide groups is 1. The minimum Gasteiger partial charge on any atom is -0.497 e. The van der Waals surface area contributed by atoms with Gasteiger partial charge < -0.3 is 14.4 Å². The van der Waals surface area contributed by atoms with Gasteiger partial charge in [0.05, 0.1) is 32.4 Å². The van der Waals surface area contributed by atoms with E-state index in [9.17, 15) is 14.4 Å². The Labute approximate surface area is 193 Å². The number of hydrogen-bond donors (Lipinski definition) is 0. The van der Waals surface area contributed by atoms with Crippen molar-refractivity contribution in [2.45, 2.75) is 19.4 Å². The van der Waals surface area contributed by atoms with Crippen LogP contribution in [0, 0.1) is 6.92 Å². The number of carbonyl (C=O) groups excluding carboxylic acids is 3. The fraction of sp³-hybridized carbons (Fsp3) is 0.400. The molecule has 0 spiro atoms. The Hall–Kier alpha value is -3.23. The largest absolute Gasteiger partial charge is 0.497 e. The molecule has 1 atom stereocenters. The fourth-order valence-corrected chi connectivity index (χ4v) is 4.28. The Balaban J connectivity index is 1.58. The maximum atomic E-state index is 13.5. The van der Waals surface area contributed by atoms with Gasteiger partial charge in [-0.25, -0.2) is 4.90 Å². The Morgan fingerprint density at radius 1 is 1.12 bits per heavy atom. The monoisotopic (exact) mass is 451 g/mol. The normalized spacial score (nSPS) is 19.1. The minimum absolute atomic E-state index is 0.0362. The van der Waals surface area contributed by atoms with Crippen molar-refractivity contribution in [3.63, 3.8) is 0 Å². The third-order valence-corrected chi connectivity index (χ3v) is 6.12. The van der Waals surface area contributed by atoms with E-state index in [1.807, 2.05) is 25.1 Å². The predicted molar refractivity (Wildman–Crippen MR) is 123 cm³/mol. The number of aryl methyl sites for hydroxylation is 1. The van der Waals surface area contributed by atoms with Gasteiger partial charge in [0.15, 0.2) is 0 Å². The molecule has 0 N–H and O–H groups in total. The number of morpholine rings is 1. The first-order chi connectivity index (χ1) is 16.0. The van der Waals surface area contributed by atoms with Crippen molar-refractivity contribution in [2.75, 3.05) is 51.4 Å². The van der Waals surface area contributed by atoms with Crippen molar-refractivity contribution in [3.05, 3.63) is 59.7 Å². The minimum atomic E-state index is -0.839. The molecule has 8 heteroatoms. The summed E-state index contributed by atoms with van der Waals surface area (Å²) in [6, 6.07) is 13.2. The van der Waals surface area contributed by atoms with E-state index in [2.05, 4.69) is 4.90 Å². The average molecular weight is 452 g/mol. The van der Waals surface area contributed by atoms with Crippen LogP contribution in [0.5, 0.6) is 5.75 Å². The highest BCUT2D eigenvalue weighted by Gasteiger charge is 2.44. The van der Waals surface area contributed by atoms with Crippen LogP contribution in [-0.4, -0.2) is 80.1 Å². The number of amides is 3. The van der Waals surface area contributed by atoms with Crippen LogP contribution in [0.2, 0.25) is 0 Å². The number of rotatable bonds is 7. The number of hydrogen-bond acceptors (Lipinski definition) is 6. The van der Waals surface area contributed by atoms with Crippen LogP contribution in [0.1, 0.15) is 22.3 Å². The molecule has 2 aliphatic rings. The summed E-state index contributed by atoms with van der Waals surface area (Å²) in [5, 5.41) is 0. The third kappa shape index (κ3) is 5.07. The number of benzene rings is 2. The number of methoxy groups -OCH3 is 1. The van der Waals surface area contributed by atoms with Crippen LogP contribution < -0.4 is 9.64 Å². The molecule has 0 aromatic heterocycles. The zero-order valence-corrected chi connectivity index (χ0v) is 19.0. The average Bonchev–Trinajstić information content (AvgIpc) is 3.13. The first-order valence-corrected chi connectivity index (χ1v) is 11.2. The molecule has 174 valence electrons. The van der Waals surface area contributed by atoms with E-state index in [1.54, 1.807) is 42.3 Å². The predicted octanol–water partition coefficient (Wildman–Crippen LogP) is 2.11. The second-order valence-electron chi connectivity index (χ2n) is 8.31. The molecule has 4 rings (SSSR count). The highest BCUT2D eigenvalue weighted by molar-refractivity contribution is 6.23. The van der Waals surface area contributed by atoms with Crippen LogP contribution in [0.4, 0.5) is 5.69 Å². The van der Waals surface area contributed by atoms with Gasteiger partial charge in [0, 0.05) is 31.7 Å². The number of nitrogens with zero attached hydrogens (tertiary/aromatic N) is 3. The number of anilines is 1. The second-order valence-corrected chi connectivity index (χ2v) is 8.31. The summed E-state index contributed by atoms with van der Waals surface area (Å²) in [4.78, 5) is 44.8. The third-order valence-electron chi connectivity index (χ3n) is 6.12. The topological polar surface area (TPSA) is 79.4 Å². The fourth-order valence-electron chi connectivity index (χ4n) is 4.28. The lowest BCUT2D eigenvalue weighted by atomic mass is 10.1. The molecule has 0 aliphatic carbocycles. The molecule has 2 fully saturated rings. The van der Waals surface area contributed by atoms with Crippen LogP contribution >= 0.6 is 0 Å². The molecule has 2 heterocycles. The van der Waals surface area contributed by atoms with Gasteiger partial charge in [-0.05, 0) is 43.3 Å². The lowest BCUT2D eigenvalue weighted by molar-refractivity contribution is -0.122. The van der Waals surface area contributed by atoms with Crippen molar-refractivity contribution in [2.24, 2.45) is 0 Å². The van der Waals surface area contributed by atoms with Crippen LogP contribution in [0.15, 0.2) is 48.5 Å². The van der Waals surface area contributed by atoms with E-state index in [-0.39, 0.29) is 24.1 Å². The highest BCUT2D eigenvalue weighted by atomic mass is 16.5. The van der Waals surface area contributed by atoms with Crippen LogP contribution in [0.25, 0.3) is 0 Å². The lowest BCUT2D eigenvalue weighted by Gasteiger charge is -2.32. The van der Waals surface area contributed by atoms with Crippen molar-refractivity contribution in [1.29, 1.82) is 0 Å². The lowest BCUT2D eigenvalue weighted by Crippen LogP contribution is -2.49. The molecule has 3 amide bonds. The molecule has 2 aliphatic heterocycles. The van der Waals surface area contributed by atoms with E-state index in [0.717, 1.165) is 18.7 Å². The molecule has 8 nitrogen and oxygen atoms in total. The van der Waals surface area contributed by atoms with Gasteiger partial charge in [0.25, 0.3) is 11.8 Å². The maximum Gasteiger partial charge on any atom is 0.257 e. The molecular weight excluding hydrogens is 422 g/mol. The van der Waals surface area contributed by atoms with E-state index < -0.39 is 6.04 Å². The van der Waals surface area contributed by atoms with Crippen molar-refractivity contribution in [3.8, 4) is 5.75 Å². The zero-order chi connectivity index (χ0) is 23.4. The van der Waals surface area contributed by atoms with Gasteiger partial charge in [-0.15, -0.1) is 0 Å². The summed E-state index contributed by atoms with van der Waals surface area (Å²) in [6.45, 7) is 5.75. The summed E-state index contributed by atoms with van der Waals surface area (Å²) in [5.41, 5.74) is 1.95. The van der Waals surface area contributed by atoms with Crippen molar-refractivity contribution < 1.29 is 23.9 Å². The van der Waals surface area contributed by atoms with Crippen LogP contribution in [-0.2, 0) is 14.3 Å². The summed E-state index contributed by atoms with van der Waals surface area (Å²) in [7, 11) is 1.56. The van der Waals surface area contributed by atoms with Gasteiger partial charge in [0.1, 0.15) is 11.8 Å². The highest BCUT2D eigenvalue weighted by Crippen LogP contribution is 2.28. The molecule has 0 saturated carbocycles. The number of ether oxygens (including phenoxy) is 2. The maximum absolute atomic E-state index is 13.5. The number of carbonyl (C=O) groups is 3. The molecule has 0 radical (unpaired) electrons. The van der Waals surface area contributed by atoms with Gasteiger partial charge in [0.2, 0.25) is 5.91 Å². The van der Waals surface area contributed by atoms with Crippen molar-refractivity contribution >= 4 is 23.4 Å².